The monoisotopic (exact) mass is 504 g/mol. The van der Waals surface area contributed by atoms with E-state index in [0.29, 0.717) is 22.3 Å². The van der Waals surface area contributed by atoms with Gasteiger partial charge in [-0.05, 0) is 33.4 Å². The molecule has 6 heteroatoms. The van der Waals surface area contributed by atoms with Crippen molar-refractivity contribution in [2.45, 2.75) is 38.5 Å². The second-order valence-corrected chi connectivity index (χ2v) is 10.7. The van der Waals surface area contributed by atoms with Crippen LogP contribution in [-0.4, -0.2) is 23.6 Å². The van der Waals surface area contributed by atoms with Crippen LogP contribution in [0.25, 0.3) is 11.1 Å². The SMILES string of the molecule is CC(C)(c1ccc(C2=CC(=O)NC2=O)cc1)c1ccccc1C(C)(C)c1ccc(C2=CC(=O)NC2=O)cc1. The summed E-state index contributed by atoms with van der Waals surface area (Å²) < 4.78 is 0. The Morgan fingerprint density at radius 2 is 0.842 bits per heavy atom. The molecule has 0 unspecified atom stereocenters. The maximum atomic E-state index is 12.1. The topological polar surface area (TPSA) is 92.3 Å². The molecule has 4 amide bonds. The largest absolute Gasteiger partial charge is 0.289 e. The van der Waals surface area contributed by atoms with Gasteiger partial charge in [0.25, 0.3) is 23.6 Å². The smallest absolute Gasteiger partial charge is 0.258 e. The number of amides is 4. The highest BCUT2D eigenvalue weighted by atomic mass is 16.2. The summed E-state index contributed by atoms with van der Waals surface area (Å²) in [6.07, 6.45) is 2.66. The Kier molecular flexibility index (Phi) is 5.98. The van der Waals surface area contributed by atoms with Gasteiger partial charge in [0.05, 0.1) is 11.1 Å². The minimum absolute atomic E-state index is 0.360. The molecule has 3 aromatic carbocycles. The quantitative estimate of drug-likeness (QED) is 0.486. The van der Waals surface area contributed by atoms with E-state index in [1.54, 1.807) is 0 Å². The van der Waals surface area contributed by atoms with Gasteiger partial charge >= 0.3 is 0 Å². The molecule has 2 heterocycles. The maximum Gasteiger partial charge on any atom is 0.258 e. The van der Waals surface area contributed by atoms with E-state index in [0.717, 1.165) is 11.1 Å². The average Bonchev–Trinajstić information content (AvgIpc) is 3.43. The lowest BCUT2D eigenvalue weighted by molar-refractivity contribution is -0.124. The minimum atomic E-state index is -0.393. The Balaban J connectivity index is 1.48. The zero-order chi connectivity index (χ0) is 27.2. The highest BCUT2D eigenvalue weighted by Crippen LogP contribution is 2.41. The highest BCUT2D eigenvalue weighted by molar-refractivity contribution is 6.34. The summed E-state index contributed by atoms with van der Waals surface area (Å²) in [6, 6.07) is 23.9. The highest BCUT2D eigenvalue weighted by Gasteiger charge is 2.33. The zero-order valence-corrected chi connectivity index (χ0v) is 21.7. The average molecular weight is 505 g/mol. The van der Waals surface area contributed by atoms with E-state index in [4.69, 9.17) is 0 Å². The fourth-order valence-corrected chi connectivity index (χ4v) is 5.27. The predicted octanol–water partition coefficient (Wildman–Crippen LogP) is 4.42. The van der Waals surface area contributed by atoms with Crippen molar-refractivity contribution in [3.8, 4) is 0 Å². The van der Waals surface area contributed by atoms with Gasteiger partial charge < -0.3 is 0 Å². The number of nitrogens with one attached hydrogen (secondary N) is 2. The lowest BCUT2D eigenvalue weighted by Crippen LogP contribution is -2.28. The summed E-state index contributed by atoms with van der Waals surface area (Å²) in [4.78, 5) is 47.3. The van der Waals surface area contributed by atoms with Gasteiger partial charge in [-0.25, -0.2) is 0 Å². The van der Waals surface area contributed by atoms with Crippen LogP contribution in [0.5, 0.6) is 0 Å². The van der Waals surface area contributed by atoms with Crippen LogP contribution < -0.4 is 10.6 Å². The Hall–Kier alpha value is -4.58. The molecule has 0 aliphatic carbocycles. The Morgan fingerprint density at radius 1 is 0.500 bits per heavy atom. The Bertz CT molecular complexity index is 1440. The molecule has 2 N–H and O–H groups in total. The van der Waals surface area contributed by atoms with Crippen LogP contribution in [0.2, 0.25) is 0 Å². The fourth-order valence-electron chi connectivity index (χ4n) is 5.27. The van der Waals surface area contributed by atoms with Crippen LogP contribution in [0.15, 0.2) is 84.9 Å². The van der Waals surface area contributed by atoms with E-state index in [9.17, 15) is 19.2 Å². The predicted molar refractivity (Wildman–Crippen MR) is 146 cm³/mol. The van der Waals surface area contributed by atoms with Gasteiger partial charge in [0.15, 0.2) is 0 Å². The maximum absolute atomic E-state index is 12.1. The molecule has 0 fully saturated rings. The molecule has 38 heavy (non-hydrogen) atoms. The summed E-state index contributed by atoms with van der Waals surface area (Å²) in [7, 11) is 0. The van der Waals surface area contributed by atoms with E-state index in [1.165, 1.54) is 23.3 Å². The third-order valence-electron chi connectivity index (χ3n) is 7.62. The van der Waals surface area contributed by atoms with E-state index in [1.807, 2.05) is 60.7 Å². The molecule has 2 aliphatic heterocycles. The first kappa shape index (κ1) is 25.1. The van der Waals surface area contributed by atoms with E-state index in [-0.39, 0.29) is 22.6 Å². The van der Waals surface area contributed by atoms with E-state index >= 15 is 0 Å². The standard InChI is InChI=1S/C32H28N2O4/c1-31(2,21-13-9-19(10-14-21)23-17-27(35)33-29(23)37)25-7-5-6-8-26(25)32(3,4)22-15-11-20(12-16-22)24-18-28(36)34-30(24)38/h5-18H,1-4H3,(H,33,35,37)(H,34,36,38). The minimum Gasteiger partial charge on any atom is -0.289 e. The first-order valence-electron chi connectivity index (χ1n) is 12.4. The fraction of sp³-hybridized carbons (Fsp3) is 0.188. The van der Waals surface area contributed by atoms with Crippen molar-refractivity contribution >= 4 is 34.8 Å². The summed E-state index contributed by atoms with van der Waals surface area (Å²) in [6.45, 7) is 8.70. The summed E-state index contributed by atoms with van der Waals surface area (Å²) in [5, 5.41) is 4.58. The number of carbonyl (C=O) groups is 4. The number of carbonyl (C=O) groups excluding carboxylic acids is 4. The molecule has 2 aliphatic rings. The molecule has 3 aromatic rings. The van der Waals surface area contributed by atoms with Crippen molar-refractivity contribution < 1.29 is 19.2 Å². The lowest BCUT2D eigenvalue weighted by atomic mass is 9.68. The molecule has 0 aromatic heterocycles. The molecular formula is C32H28N2O4. The van der Waals surface area contributed by atoms with Crippen molar-refractivity contribution in [2.75, 3.05) is 0 Å². The second kappa shape index (κ2) is 9.06. The molecule has 0 saturated carbocycles. The van der Waals surface area contributed by atoms with Crippen LogP contribution in [0, 0.1) is 0 Å². The van der Waals surface area contributed by atoms with Crippen LogP contribution in [0.4, 0.5) is 0 Å². The van der Waals surface area contributed by atoms with Crippen molar-refractivity contribution in [2.24, 2.45) is 0 Å². The molecule has 0 saturated heterocycles. The van der Waals surface area contributed by atoms with Crippen molar-refractivity contribution in [3.05, 3.63) is 118 Å². The number of imide groups is 2. The summed E-state index contributed by atoms with van der Waals surface area (Å²) in [5.41, 5.74) is 5.92. The summed E-state index contributed by atoms with van der Waals surface area (Å²) in [5.74, 6) is -1.54. The van der Waals surface area contributed by atoms with Crippen LogP contribution >= 0.6 is 0 Å². The lowest BCUT2D eigenvalue weighted by Gasteiger charge is -2.35. The zero-order valence-electron chi connectivity index (χ0n) is 21.7. The van der Waals surface area contributed by atoms with Gasteiger partial charge in [-0.2, -0.15) is 0 Å². The van der Waals surface area contributed by atoms with Crippen LogP contribution in [-0.2, 0) is 30.0 Å². The third kappa shape index (κ3) is 4.28. The molecule has 0 atom stereocenters. The molecule has 0 bridgehead atoms. The van der Waals surface area contributed by atoms with Gasteiger partial charge in [0, 0.05) is 23.0 Å². The van der Waals surface area contributed by atoms with E-state index in [2.05, 4.69) is 50.5 Å². The van der Waals surface area contributed by atoms with Crippen LogP contribution in [0.1, 0.15) is 61.1 Å². The van der Waals surface area contributed by atoms with E-state index < -0.39 is 11.8 Å². The first-order chi connectivity index (χ1) is 18.0. The van der Waals surface area contributed by atoms with Gasteiger partial charge in [-0.3, -0.25) is 29.8 Å². The number of hydrogen-bond donors (Lipinski definition) is 2. The molecule has 0 spiro atoms. The third-order valence-corrected chi connectivity index (χ3v) is 7.62. The second-order valence-electron chi connectivity index (χ2n) is 10.7. The Labute approximate surface area is 221 Å². The number of benzene rings is 3. The first-order valence-corrected chi connectivity index (χ1v) is 12.4. The molecule has 5 rings (SSSR count). The molecule has 0 radical (unpaired) electrons. The van der Waals surface area contributed by atoms with Gasteiger partial charge in [0.2, 0.25) is 0 Å². The number of rotatable bonds is 6. The van der Waals surface area contributed by atoms with Crippen molar-refractivity contribution in [1.82, 2.24) is 10.6 Å². The Morgan fingerprint density at radius 3 is 1.13 bits per heavy atom. The summed E-state index contributed by atoms with van der Waals surface area (Å²) >= 11 is 0. The van der Waals surface area contributed by atoms with Crippen molar-refractivity contribution in [1.29, 1.82) is 0 Å². The molecular weight excluding hydrogens is 476 g/mol. The number of hydrogen-bond acceptors (Lipinski definition) is 4. The molecule has 190 valence electrons. The van der Waals surface area contributed by atoms with Crippen molar-refractivity contribution in [3.63, 3.8) is 0 Å². The molecule has 6 nitrogen and oxygen atoms in total. The van der Waals surface area contributed by atoms with Gasteiger partial charge in [-0.15, -0.1) is 0 Å². The van der Waals surface area contributed by atoms with Gasteiger partial charge in [-0.1, -0.05) is 100 Å². The van der Waals surface area contributed by atoms with Gasteiger partial charge in [0.1, 0.15) is 0 Å². The normalized spacial score (nSPS) is 15.8. The van der Waals surface area contributed by atoms with Crippen LogP contribution in [0.3, 0.4) is 0 Å².